The van der Waals surface area contributed by atoms with Crippen molar-refractivity contribution in [3.63, 3.8) is 0 Å². The van der Waals surface area contributed by atoms with Crippen LogP contribution in [0.5, 0.6) is 0 Å². The maximum absolute atomic E-state index is 12.3. The molecule has 3 N–H and O–H groups in total. The molecule has 0 spiro atoms. The second kappa shape index (κ2) is 8.72. The first kappa shape index (κ1) is 16.7. The summed E-state index contributed by atoms with van der Waals surface area (Å²) in [5, 5.41) is 2.75. The lowest BCUT2D eigenvalue weighted by molar-refractivity contribution is 0.145. The fourth-order valence-electron chi connectivity index (χ4n) is 1.00. The molecule has 0 amide bonds. The first-order valence-corrected chi connectivity index (χ1v) is 4.88. The summed E-state index contributed by atoms with van der Waals surface area (Å²) < 4.78 is 24.7. The molecule has 0 aliphatic carbocycles. The molecule has 0 saturated heterocycles. The van der Waals surface area contributed by atoms with Crippen LogP contribution in [0.3, 0.4) is 0 Å². The number of halogens is 3. The van der Waals surface area contributed by atoms with Crippen molar-refractivity contribution >= 4 is 29.9 Å². The predicted octanol–water partition coefficient (Wildman–Crippen LogP) is 1.62. The molecule has 1 aromatic heterocycles. The van der Waals surface area contributed by atoms with Gasteiger partial charge in [0.05, 0.1) is 0 Å². The standard InChI is InChI=1S/C10H13F2N5.HI/c1-2-4-15-10(13)16-6-8-14-5-3-7(17-8)9(11)12;/h2-3,5,9H,1,4,6H2,(H3,13,15,16);1H. The summed E-state index contributed by atoms with van der Waals surface area (Å²) in [4.78, 5) is 11.4. The monoisotopic (exact) mass is 369 g/mol. The van der Waals surface area contributed by atoms with E-state index < -0.39 is 6.43 Å². The highest BCUT2D eigenvalue weighted by atomic mass is 127. The van der Waals surface area contributed by atoms with E-state index in [0.717, 1.165) is 6.07 Å². The molecular weight excluding hydrogens is 355 g/mol. The number of nitrogens with two attached hydrogens (primary N) is 1. The Hall–Kier alpha value is -1.32. The highest BCUT2D eigenvalue weighted by Crippen LogP contribution is 2.15. The van der Waals surface area contributed by atoms with Crippen LogP contribution in [0.25, 0.3) is 0 Å². The molecule has 0 saturated carbocycles. The molecule has 0 aliphatic rings. The third kappa shape index (κ3) is 5.84. The Labute approximate surface area is 121 Å². The van der Waals surface area contributed by atoms with Crippen molar-refractivity contribution in [1.29, 1.82) is 0 Å². The second-order valence-corrected chi connectivity index (χ2v) is 3.07. The number of nitrogens with one attached hydrogen (secondary N) is 1. The number of hydrogen-bond acceptors (Lipinski definition) is 3. The largest absolute Gasteiger partial charge is 0.370 e. The molecule has 0 aliphatic heterocycles. The zero-order chi connectivity index (χ0) is 12.7. The van der Waals surface area contributed by atoms with Crippen LogP contribution in [-0.2, 0) is 6.54 Å². The lowest BCUT2D eigenvalue weighted by atomic mass is 10.4. The minimum Gasteiger partial charge on any atom is -0.370 e. The average molecular weight is 369 g/mol. The van der Waals surface area contributed by atoms with Gasteiger partial charge in [-0.2, -0.15) is 0 Å². The van der Waals surface area contributed by atoms with Crippen LogP contribution in [0.2, 0.25) is 0 Å². The Balaban J connectivity index is 0.00000289. The maximum atomic E-state index is 12.3. The molecule has 0 fully saturated rings. The van der Waals surface area contributed by atoms with Crippen LogP contribution in [0.15, 0.2) is 29.9 Å². The van der Waals surface area contributed by atoms with Crippen LogP contribution < -0.4 is 11.1 Å². The molecule has 5 nitrogen and oxygen atoms in total. The van der Waals surface area contributed by atoms with Crippen LogP contribution in [0, 0.1) is 0 Å². The van der Waals surface area contributed by atoms with Gasteiger partial charge in [-0.15, -0.1) is 30.6 Å². The van der Waals surface area contributed by atoms with Crippen LogP contribution >= 0.6 is 24.0 Å². The smallest absolute Gasteiger partial charge is 0.280 e. The van der Waals surface area contributed by atoms with Gasteiger partial charge in [-0.3, -0.25) is 0 Å². The van der Waals surface area contributed by atoms with Gasteiger partial charge in [-0.1, -0.05) is 6.08 Å². The van der Waals surface area contributed by atoms with Crippen LogP contribution in [0.1, 0.15) is 17.9 Å². The Bertz CT molecular complexity index is 411. The first-order valence-electron chi connectivity index (χ1n) is 4.88. The second-order valence-electron chi connectivity index (χ2n) is 3.07. The van der Waals surface area contributed by atoms with E-state index in [0.29, 0.717) is 6.54 Å². The number of aromatic nitrogens is 2. The van der Waals surface area contributed by atoms with Gasteiger partial charge in [0.25, 0.3) is 6.43 Å². The van der Waals surface area contributed by atoms with Crippen molar-refractivity contribution < 1.29 is 8.78 Å². The fourth-order valence-corrected chi connectivity index (χ4v) is 1.00. The highest BCUT2D eigenvalue weighted by molar-refractivity contribution is 14.0. The highest BCUT2D eigenvalue weighted by Gasteiger charge is 2.09. The minimum atomic E-state index is -2.61. The quantitative estimate of drug-likeness (QED) is 0.358. The molecule has 1 rings (SSSR count). The molecule has 0 bridgehead atoms. The fraction of sp³-hybridized carbons (Fsp3) is 0.300. The zero-order valence-electron chi connectivity index (χ0n) is 9.51. The molecule has 8 heteroatoms. The van der Waals surface area contributed by atoms with E-state index in [-0.39, 0.29) is 48.0 Å². The van der Waals surface area contributed by atoms with Crippen molar-refractivity contribution in [2.24, 2.45) is 10.7 Å². The van der Waals surface area contributed by atoms with Crippen molar-refractivity contribution in [3.05, 3.63) is 36.4 Å². The first-order chi connectivity index (χ1) is 8.13. The summed E-state index contributed by atoms with van der Waals surface area (Å²) in [6, 6.07) is 1.16. The summed E-state index contributed by atoms with van der Waals surface area (Å²) in [5.74, 6) is 0.391. The van der Waals surface area contributed by atoms with Gasteiger partial charge in [0.2, 0.25) is 0 Å². The van der Waals surface area contributed by atoms with E-state index in [1.807, 2.05) is 0 Å². The Kier molecular flexibility index (Phi) is 8.08. The van der Waals surface area contributed by atoms with E-state index >= 15 is 0 Å². The number of hydrogen-bond donors (Lipinski definition) is 2. The third-order valence-electron chi connectivity index (χ3n) is 1.77. The SMILES string of the molecule is C=CCNC(N)=NCc1nccc(C(F)F)n1.I. The van der Waals surface area contributed by atoms with E-state index in [1.54, 1.807) is 6.08 Å². The van der Waals surface area contributed by atoms with E-state index in [9.17, 15) is 8.78 Å². The summed E-state index contributed by atoms with van der Waals surface area (Å²) in [5.41, 5.74) is 5.18. The number of guanidine groups is 1. The predicted molar refractivity (Wildman–Crippen MR) is 75.9 cm³/mol. The van der Waals surface area contributed by atoms with Crippen molar-refractivity contribution in [3.8, 4) is 0 Å². The van der Waals surface area contributed by atoms with E-state index in [1.165, 1.54) is 6.20 Å². The van der Waals surface area contributed by atoms with Gasteiger partial charge in [0.1, 0.15) is 18.1 Å². The summed E-state index contributed by atoms with van der Waals surface area (Å²) in [6.07, 6.45) is 0.278. The van der Waals surface area contributed by atoms with Gasteiger partial charge in [-0.25, -0.2) is 23.7 Å². The van der Waals surface area contributed by atoms with Gasteiger partial charge >= 0.3 is 0 Å². The van der Waals surface area contributed by atoms with Gasteiger partial charge in [0, 0.05) is 12.7 Å². The molecule has 0 aromatic carbocycles. The number of nitrogens with zero attached hydrogens (tertiary/aromatic N) is 3. The van der Waals surface area contributed by atoms with E-state index in [4.69, 9.17) is 5.73 Å². The number of aliphatic imine (C=N–C) groups is 1. The van der Waals surface area contributed by atoms with Gasteiger partial charge < -0.3 is 11.1 Å². The van der Waals surface area contributed by atoms with Gasteiger partial charge in [-0.05, 0) is 6.07 Å². The Morgan fingerprint density at radius 2 is 2.33 bits per heavy atom. The molecule has 0 atom stereocenters. The summed E-state index contributed by atoms with van der Waals surface area (Å²) in [7, 11) is 0. The molecule has 18 heavy (non-hydrogen) atoms. The van der Waals surface area contributed by atoms with Gasteiger partial charge in [0.15, 0.2) is 5.96 Å². The lowest BCUT2D eigenvalue weighted by Crippen LogP contribution is -2.31. The normalized spacial score (nSPS) is 10.9. The molecule has 0 unspecified atom stereocenters. The Morgan fingerprint density at radius 3 is 2.94 bits per heavy atom. The molecular formula is C10H14F2IN5. The van der Waals surface area contributed by atoms with Crippen LogP contribution in [-0.4, -0.2) is 22.5 Å². The van der Waals surface area contributed by atoms with Crippen molar-refractivity contribution in [1.82, 2.24) is 15.3 Å². The third-order valence-corrected chi connectivity index (χ3v) is 1.77. The van der Waals surface area contributed by atoms with Crippen molar-refractivity contribution in [2.75, 3.05) is 6.54 Å². The Morgan fingerprint density at radius 1 is 1.61 bits per heavy atom. The van der Waals surface area contributed by atoms with E-state index in [2.05, 4.69) is 26.9 Å². The lowest BCUT2D eigenvalue weighted by Gasteiger charge is -2.03. The van der Waals surface area contributed by atoms with Crippen molar-refractivity contribution in [2.45, 2.75) is 13.0 Å². The molecule has 0 radical (unpaired) electrons. The number of rotatable bonds is 5. The average Bonchev–Trinajstić information content (AvgIpc) is 2.34. The number of alkyl halides is 2. The molecule has 100 valence electrons. The van der Waals surface area contributed by atoms with Crippen LogP contribution in [0.4, 0.5) is 8.78 Å². The summed E-state index contributed by atoms with van der Waals surface area (Å²) >= 11 is 0. The molecule has 1 aromatic rings. The maximum Gasteiger partial charge on any atom is 0.280 e. The topological polar surface area (TPSA) is 76.2 Å². The minimum absolute atomic E-state index is 0. The summed E-state index contributed by atoms with van der Waals surface area (Å²) in [6.45, 7) is 4.03. The molecule has 1 heterocycles. The zero-order valence-corrected chi connectivity index (χ0v) is 11.8.